The lowest BCUT2D eigenvalue weighted by atomic mass is 9.91. The van der Waals surface area contributed by atoms with Crippen molar-refractivity contribution in [3.8, 4) is 0 Å². The molecule has 0 heterocycles. The maximum Gasteiger partial charge on any atom is 0.306 e. The Morgan fingerprint density at radius 2 is 1.36 bits per heavy atom. The highest BCUT2D eigenvalue weighted by Crippen LogP contribution is 2.25. The molecule has 0 spiro atoms. The van der Waals surface area contributed by atoms with Gasteiger partial charge in [-0.3, -0.25) is 9.59 Å². The van der Waals surface area contributed by atoms with Crippen molar-refractivity contribution in [1.82, 2.24) is 0 Å². The maximum atomic E-state index is 12.0. The van der Waals surface area contributed by atoms with Crippen molar-refractivity contribution < 1.29 is 29.3 Å². The first-order chi connectivity index (χ1) is 13.3. The van der Waals surface area contributed by atoms with Crippen LogP contribution in [-0.4, -0.2) is 46.6 Å². The molecule has 0 bridgehead atoms. The number of carbonyl (C=O) groups is 2. The van der Waals surface area contributed by atoms with E-state index in [-0.39, 0.29) is 25.0 Å². The summed E-state index contributed by atoms with van der Waals surface area (Å²) in [5.74, 6) is -0.517. The summed E-state index contributed by atoms with van der Waals surface area (Å²) in [7, 11) is 0. The molecule has 0 aromatic heterocycles. The van der Waals surface area contributed by atoms with E-state index >= 15 is 0 Å². The van der Waals surface area contributed by atoms with Crippen molar-refractivity contribution in [2.75, 3.05) is 13.2 Å². The van der Waals surface area contributed by atoms with Crippen molar-refractivity contribution in [3.63, 3.8) is 0 Å². The molecule has 28 heavy (non-hydrogen) atoms. The summed E-state index contributed by atoms with van der Waals surface area (Å²) in [4.78, 5) is 23.8. The Morgan fingerprint density at radius 1 is 0.786 bits per heavy atom. The highest BCUT2D eigenvalue weighted by atomic mass is 16.6. The van der Waals surface area contributed by atoms with Crippen molar-refractivity contribution >= 4 is 11.9 Å². The van der Waals surface area contributed by atoms with Gasteiger partial charge in [0.05, 0.1) is 12.2 Å². The minimum atomic E-state index is -0.594. The van der Waals surface area contributed by atoms with Crippen LogP contribution in [0.3, 0.4) is 0 Å². The second-order valence-electron chi connectivity index (χ2n) is 7.65. The number of unbranched alkanes of at least 4 members (excludes halogenated alkanes) is 2. The molecular weight excluding hydrogens is 360 g/mol. The zero-order valence-corrected chi connectivity index (χ0v) is 18.4. The Balaban J connectivity index is 3.88. The van der Waals surface area contributed by atoms with E-state index in [1.54, 1.807) is 0 Å². The average molecular weight is 403 g/mol. The Labute approximate surface area is 171 Å². The Hall–Kier alpha value is -1.14. The molecule has 0 atom stereocenters. The SMILES string of the molecule is CCC(O)(CC)CCCCOC(=O)CCCCC(=O)OC(CC)(CC)CCO. The van der Waals surface area contributed by atoms with E-state index in [2.05, 4.69) is 0 Å². The highest BCUT2D eigenvalue weighted by Gasteiger charge is 2.29. The van der Waals surface area contributed by atoms with Gasteiger partial charge in [-0.1, -0.05) is 27.7 Å². The normalized spacial score (nSPS) is 12.1. The molecule has 0 saturated carbocycles. The summed E-state index contributed by atoms with van der Waals surface area (Å²) in [6.45, 7) is 8.24. The van der Waals surface area contributed by atoms with Crippen LogP contribution in [0.1, 0.15) is 105 Å². The number of hydrogen-bond acceptors (Lipinski definition) is 6. The molecule has 0 aliphatic rings. The number of hydrogen-bond donors (Lipinski definition) is 2. The number of aliphatic hydroxyl groups excluding tert-OH is 1. The van der Waals surface area contributed by atoms with Crippen LogP contribution in [0.2, 0.25) is 0 Å². The van der Waals surface area contributed by atoms with Gasteiger partial charge in [0.2, 0.25) is 0 Å². The lowest BCUT2D eigenvalue weighted by molar-refractivity contribution is -0.162. The van der Waals surface area contributed by atoms with Gasteiger partial charge in [0, 0.05) is 25.9 Å². The van der Waals surface area contributed by atoms with Crippen molar-refractivity contribution in [2.45, 2.75) is 116 Å². The monoisotopic (exact) mass is 402 g/mol. The molecule has 0 unspecified atom stereocenters. The van der Waals surface area contributed by atoms with Gasteiger partial charge in [-0.25, -0.2) is 0 Å². The Morgan fingerprint density at radius 3 is 1.86 bits per heavy atom. The number of esters is 2. The number of rotatable bonds is 17. The smallest absolute Gasteiger partial charge is 0.306 e. The van der Waals surface area contributed by atoms with E-state index < -0.39 is 11.2 Å². The highest BCUT2D eigenvalue weighted by molar-refractivity contribution is 5.71. The van der Waals surface area contributed by atoms with Gasteiger partial charge < -0.3 is 19.7 Å². The first kappa shape index (κ1) is 26.9. The van der Waals surface area contributed by atoms with Crippen LogP contribution >= 0.6 is 0 Å². The molecule has 0 rings (SSSR count). The van der Waals surface area contributed by atoms with Crippen molar-refractivity contribution in [2.24, 2.45) is 0 Å². The van der Waals surface area contributed by atoms with Gasteiger partial charge in [0.1, 0.15) is 5.60 Å². The second kappa shape index (κ2) is 14.8. The lowest BCUT2D eigenvalue weighted by Crippen LogP contribution is -2.35. The summed E-state index contributed by atoms with van der Waals surface area (Å²) in [6.07, 6.45) is 7.33. The van der Waals surface area contributed by atoms with Gasteiger partial charge in [0.15, 0.2) is 0 Å². The fraction of sp³-hybridized carbons (Fsp3) is 0.909. The van der Waals surface area contributed by atoms with Gasteiger partial charge in [-0.15, -0.1) is 0 Å². The van der Waals surface area contributed by atoms with Crippen LogP contribution in [0, 0.1) is 0 Å². The molecule has 166 valence electrons. The topological polar surface area (TPSA) is 93.1 Å². The molecule has 0 aromatic carbocycles. The van der Waals surface area contributed by atoms with Gasteiger partial charge >= 0.3 is 11.9 Å². The van der Waals surface area contributed by atoms with Crippen molar-refractivity contribution in [1.29, 1.82) is 0 Å². The predicted molar refractivity (Wildman–Crippen MR) is 110 cm³/mol. The summed E-state index contributed by atoms with van der Waals surface area (Å²) in [5, 5.41) is 19.4. The quantitative estimate of drug-likeness (QED) is 0.278. The Bertz CT molecular complexity index is 427. The van der Waals surface area contributed by atoms with Crippen molar-refractivity contribution in [3.05, 3.63) is 0 Å². The lowest BCUT2D eigenvalue weighted by Gasteiger charge is -2.31. The van der Waals surface area contributed by atoms with Gasteiger partial charge in [-0.05, 0) is 57.8 Å². The molecule has 2 N–H and O–H groups in total. The first-order valence-electron chi connectivity index (χ1n) is 11.0. The molecule has 0 aliphatic carbocycles. The summed E-state index contributed by atoms with van der Waals surface area (Å²) >= 11 is 0. The average Bonchev–Trinajstić information content (AvgIpc) is 2.70. The summed E-state index contributed by atoms with van der Waals surface area (Å²) < 4.78 is 10.8. The summed E-state index contributed by atoms with van der Waals surface area (Å²) in [6, 6.07) is 0. The zero-order valence-electron chi connectivity index (χ0n) is 18.4. The van der Waals surface area contributed by atoms with Gasteiger partial charge in [0.25, 0.3) is 0 Å². The van der Waals surface area contributed by atoms with Gasteiger partial charge in [-0.2, -0.15) is 0 Å². The minimum Gasteiger partial charge on any atom is -0.466 e. The first-order valence-corrected chi connectivity index (χ1v) is 11.0. The molecule has 0 amide bonds. The van der Waals surface area contributed by atoms with Crippen LogP contribution < -0.4 is 0 Å². The number of aliphatic hydroxyl groups is 2. The summed E-state index contributed by atoms with van der Waals surface area (Å²) in [5.41, 5.74) is -1.17. The molecule has 6 heteroatoms. The van der Waals surface area contributed by atoms with Crippen LogP contribution in [0.4, 0.5) is 0 Å². The van der Waals surface area contributed by atoms with E-state index in [4.69, 9.17) is 14.6 Å². The van der Waals surface area contributed by atoms with E-state index in [9.17, 15) is 14.7 Å². The predicted octanol–water partition coefficient (Wildman–Crippen LogP) is 4.30. The maximum absolute atomic E-state index is 12.0. The third kappa shape index (κ3) is 11.0. The molecular formula is C22H42O6. The fourth-order valence-corrected chi connectivity index (χ4v) is 3.25. The number of ether oxygens (including phenoxy) is 2. The van der Waals surface area contributed by atoms with E-state index in [0.717, 1.165) is 32.1 Å². The molecule has 0 saturated heterocycles. The van der Waals surface area contributed by atoms with E-state index in [1.165, 1.54) is 0 Å². The fourth-order valence-electron chi connectivity index (χ4n) is 3.25. The van der Waals surface area contributed by atoms with Crippen LogP contribution in [0.15, 0.2) is 0 Å². The molecule has 0 aliphatic heterocycles. The third-order valence-electron chi connectivity index (χ3n) is 5.81. The zero-order chi connectivity index (χ0) is 21.5. The molecule has 0 aromatic rings. The van der Waals surface area contributed by atoms with Crippen LogP contribution in [0.5, 0.6) is 0 Å². The van der Waals surface area contributed by atoms with E-state index in [0.29, 0.717) is 45.1 Å². The minimum absolute atomic E-state index is 0.00300. The standard InChI is InChI=1S/C22H42O6/c1-5-21(26,6-2)15-11-12-18-27-19(24)13-9-10-14-20(25)28-22(7-3,8-4)16-17-23/h23,26H,5-18H2,1-4H3. The largest absolute Gasteiger partial charge is 0.466 e. The van der Waals surface area contributed by atoms with Crippen LogP contribution in [-0.2, 0) is 19.1 Å². The Kier molecular flexibility index (Phi) is 14.2. The molecule has 6 nitrogen and oxygen atoms in total. The second-order valence-corrected chi connectivity index (χ2v) is 7.65. The van der Waals surface area contributed by atoms with E-state index in [1.807, 2.05) is 27.7 Å². The third-order valence-corrected chi connectivity index (χ3v) is 5.81. The number of carbonyl (C=O) groups excluding carboxylic acids is 2. The molecule has 0 radical (unpaired) electrons. The molecule has 0 fully saturated rings. The van der Waals surface area contributed by atoms with Crippen LogP contribution in [0.25, 0.3) is 0 Å².